The van der Waals surface area contributed by atoms with Crippen LogP contribution in [0, 0.1) is 0 Å². The van der Waals surface area contributed by atoms with Gasteiger partial charge in [-0.05, 0) is 27.2 Å². The number of amides is 1. The van der Waals surface area contributed by atoms with Crippen LogP contribution in [0.25, 0.3) is 0 Å². The van der Waals surface area contributed by atoms with Gasteiger partial charge < -0.3 is 15.4 Å². The van der Waals surface area contributed by atoms with E-state index in [4.69, 9.17) is 10.5 Å². The van der Waals surface area contributed by atoms with E-state index in [2.05, 4.69) is 13.8 Å². The molecule has 0 bridgehead atoms. The van der Waals surface area contributed by atoms with E-state index in [0.29, 0.717) is 19.6 Å². The fourth-order valence-corrected chi connectivity index (χ4v) is 1.49. The molecule has 0 saturated heterocycles. The molecule has 0 aliphatic carbocycles. The molecule has 4 heteroatoms. The van der Waals surface area contributed by atoms with Gasteiger partial charge in [0.1, 0.15) is 0 Å². The van der Waals surface area contributed by atoms with E-state index in [1.165, 1.54) is 0 Å². The number of carbonyl (C=O) groups is 1. The van der Waals surface area contributed by atoms with Crippen LogP contribution in [0.4, 0.5) is 0 Å². The Bertz CT molecular complexity index is 212. The molecule has 0 aromatic heterocycles. The number of methoxy groups -OCH3 is 1. The molecule has 16 heavy (non-hydrogen) atoms. The summed E-state index contributed by atoms with van der Waals surface area (Å²) in [6.45, 7) is 9.08. The molecule has 2 N–H and O–H groups in total. The summed E-state index contributed by atoms with van der Waals surface area (Å²) in [6, 6.07) is 0.241. The van der Waals surface area contributed by atoms with E-state index in [-0.39, 0.29) is 11.9 Å². The van der Waals surface area contributed by atoms with E-state index >= 15 is 0 Å². The smallest absolute Gasteiger partial charge is 0.224 e. The first-order valence-electron chi connectivity index (χ1n) is 5.89. The van der Waals surface area contributed by atoms with Gasteiger partial charge in [0, 0.05) is 31.7 Å². The first kappa shape index (κ1) is 15.4. The van der Waals surface area contributed by atoms with E-state index in [1.807, 2.05) is 18.7 Å². The Balaban J connectivity index is 4.43. The normalized spacial score (nSPS) is 13.6. The van der Waals surface area contributed by atoms with Crippen molar-refractivity contribution < 1.29 is 9.53 Å². The van der Waals surface area contributed by atoms with Crippen molar-refractivity contribution in [2.45, 2.75) is 52.1 Å². The van der Waals surface area contributed by atoms with Crippen LogP contribution in [0.15, 0.2) is 0 Å². The van der Waals surface area contributed by atoms with Gasteiger partial charge in [0.15, 0.2) is 0 Å². The molecule has 0 saturated carbocycles. The van der Waals surface area contributed by atoms with E-state index in [1.54, 1.807) is 7.11 Å². The lowest BCUT2D eigenvalue weighted by molar-refractivity contribution is -0.135. The van der Waals surface area contributed by atoms with E-state index in [0.717, 1.165) is 6.42 Å². The van der Waals surface area contributed by atoms with Crippen LogP contribution in [-0.2, 0) is 9.53 Å². The minimum absolute atomic E-state index is 0.110. The zero-order chi connectivity index (χ0) is 12.8. The van der Waals surface area contributed by atoms with Gasteiger partial charge in [-0.1, -0.05) is 6.92 Å². The second kappa shape index (κ2) is 6.86. The SMILES string of the molecule is CCC(C)N(CCOC)C(=O)CC(C)(C)N. The Labute approximate surface area is 99.1 Å². The van der Waals surface area contributed by atoms with Crippen LogP contribution in [0.5, 0.6) is 0 Å². The van der Waals surface area contributed by atoms with Crippen LogP contribution in [0.1, 0.15) is 40.5 Å². The highest BCUT2D eigenvalue weighted by Crippen LogP contribution is 2.11. The van der Waals surface area contributed by atoms with Crippen LogP contribution in [-0.4, -0.2) is 42.6 Å². The number of carbonyl (C=O) groups excluding carboxylic acids is 1. The van der Waals surface area contributed by atoms with Gasteiger partial charge in [0.05, 0.1) is 6.61 Å². The Morgan fingerprint density at radius 1 is 1.50 bits per heavy atom. The highest BCUT2D eigenvalue weighted by molar-refractivity contribution is 5.77. The number of hydrogen-bond donors (Lipinski definition) is 1. The molecular formula is C12H26N2O2. The number of rotatable bonds is 7. The van der Waals surface area contributed by atoms with Gasteiger partial charge >= 0.3 is 0 Å². The molecule has 0 aliphatic heterocycles. The van der Waals surface area contributed by atoms with Gasteiger partial charge in [-0.3, -0.25) is 4.79 Å². The van der Waals surface area contributed by atoms with E-state index in [9.17, 15) is 4.79 Å². The summed E-state index contributed by atoms with van der Waals surface area (Å²) in [6.07, 6.45) is 1.32. The largest absolute Gasteiger partial charge is 0.383 e. The molecule has 1 unspecified atom stereocenters. The standard InChI is InChI=1S/C12H26N2O2/c1-6-10(2)14(7-8-16-5)11(15)9-12(3,4)13/h10H,6-9,13H2,1-5H3. The summed E-state index contributed by atoms with van der Waals surface area (Å²) in [7, 11) is 1.64. The molecule has 1 amide bonds. The zero-order valence-electron chi connectivity index (χ0n) is 11.2. The van der Waals surface area contributed by atoms with Crippen molar-refractivity contribution >= 4 is 5.91 Å². The van der Waals surface area contributed by atoms with E-state index < -0.39 is 5.54 Å². The summed E-state index contributed by atoms with van der Waals surface area (Å²) in [4.78, 5) is 13.9. The molecule has 0 spiro atoms. The molecule has 4 nitrogen and oxygen atoms in total. The average molecular weight is 230 g/mol. The minimum Gasteiger partial charge on any atom is -0.383 e. The molecular weight excluding hydrogens is 204 g/mol. The zero-order valence-corrected chi connectivity index (χ0v) is 11.2. The van der Waals surface area contributed by atoms with Crippen molar-refractivity contribution in [1.29, 1.82) is 0 Å². The van der Waals surface area contributed by atoms with Crippen LogP contribution < -0.4 is 5.73 Å². The van der Waals surface area contributed by atoms with Crippen molar-refractivity contribution in [1.82, 2.24) is 4.90 Å². The third kappa shape index (κ3) is 6.08. The number of nitrogens with zero attached hydrogens (tertiary/aromatic N) is 1. The minimum atomic E-state index is -0.449. The lowest BCUT2D eigenvalue weighted by atomic mass is 10.0. The predicted octanol–water partition coefficient (Wildman–Crippen LogP) is 1.39. The third-order valence-electron chi connectivity index (χ3n) is 2.59. The maximum atomic E-state index is 12.1. The number of nitrogens with two attached hydrogens (primary N) is 1. The number of hydrogen-bond acceptors (Lipinski definition) is 3. The molecule has 0 fully saturated rings. The van der Waals surface area contributed by atoms with Gasteiger partial charge in [0.2, 0.25) is 5.91 Å². The summed E-state index contributed by atoms with van der Waals surface area (Å²) < 4.78 is 5.02. The fourth-order valence-electron chi connectivity index (χ4n) is 1.49. The van der Waals surface area contributed by atoms with Gasteiger partial charge in [-0.15, -0.1) is 0 Å². The summed E-state index contributed by atoms with van der Waals surface area (Å²) in [5, 5.41) is 0. The van der Waals surface area contributed by atoms with Crippen molar-refractivity contribution in [2.24, 2.45) is 5.73 Å². The lowest BCUT2D eigenvalue weighted by Gasteiger charge is -2.31. The lowest BCUT2D eigenvalue weighted by Crippen LogP contribution is -2.45. The molecule has 0 rings (SSSR count). The second-order valence-corrected chi connectivity index (χ2v) is 5.00. The molecule has 0 aromatic carbocycles. The van der Waals surface area contributed by atoms with Gasteiger partial charge in [0.25, 0.3) is 0 Å². The maximum Gasteiger partial charge on any atom is 0.224 e. The summed E-state index contributed by atoms with van der Waals surface area (Å²) >= 11 is 0. The predicted molar refractivity (Wildman–Crippen MR) is 66.2 cm³/mol. The summed E-state index contributed by atoms with van der Waals surface area (Å²) in [5.41, 5.74) is 5.42. The van der Waals surface area contributed by atoms with Crippen molar-refractivity contribution in [3.8, 4) is 0 Å². The first-order valence-corrected chi connectivity index (χ1v) is 5.89. The van der Waals surface area contributed by atoms with Crippen molar-refractivity contribution in [3.05, 3.63) is 0 Å². The second-order valence-electron chi connectivity index (χ2n) is 5.00. The number of ether oxygens (including phenoxy) is 1. The Kier molecular flexibility index (Phi) is 6.60. The molecule has 0 aliphatic rings. The maximum absolute atomic E-state index is 12.1. The first-order chi connectivity index (χ1) is 7.31. The van der Waals surface area contributed by atoms with Crippen LogP contribution in [0.3, 0.4) is 0 Å². The quantitative estimate of drug-likeness (QED) is 0.719. The molecule has 0 aromatic rings. The average Bonchev–Trinajstić information content (AvgIpc) is 2.15. The molecule has 0 radical (unpaired) electrons. The molecule has 1 atom stereocenters. The molecule has 0 heterocycles. The Morgan fingerprint density at radius 2 is 2.06 bits per heavy atom. The van der Waals surface area contributed by atoms with Gasteiger partial charge in [-0.2, -0.15) is 0 Å². The fraction of sp³-hybridized carbons (Fsp3) is 0.917. The highest BCUT2D eigenvalue weighted by atomic mass is 16.5. The van der Waals surface area contributed by atoms with Gasteiger partial charge in [-0.25, -0.2) is 0 Å². The Hall–Kier alpha value is -0.610. The highest BCUT2D eigenvalue weighted by Gasteiger charge is 2.23. The van der Waals surface area contributed by atoms with Crippen molar-refractivity contribution in [2.75, 3.05) is 20.3 Å². The summed E-state index contributed by atoms with van der Waals surface area (Å²) in [5.74, 6) is 0.110. The third-order valence-corrected chi connectivity index (χ3v) is 2.59. The topological polar surface area (TPSA) is 55.6 Å². The Morgan fingerprint density at radius 3 is 2.44 bits per heavy atom. The van der Waals surface area contributed by atoms with Crippen molar-refractivity contribution in [3.63, 3.8) is 0 Å². The van der Waals surface area contributed by atoms with Crippen LogP contribution >= 0.6 is 0 Å². The molecule has 96 valence electrons. The monoisotopic (exact) mass is 230 g/mol. The van der Waals surface area contributed by atoms with Crippen LogP contribution in [0.2, 0.25) is 0 Å².